The van der Waals surface area contributed by atoms with Crippen LogP contribution in [-0.2, 0) is 19.2 Å². The molecule has 0 bridgehead atoms. The number of hydrogen-bond acceptors (Lipinski definition) is 4. The topological polar surface area (TPSA) is 112 Å². The molecule has 0 aromatic rings. The molecule has 1 fully saturated rings. The van der Waals surface area contributed by atoms with Gasteiger partial charge in [-0.1, -0.05) is 64.2 Å². The average Bonchev–Trinajstić information content (AvgIpc) is 2.67. The second-order valence-electron chi connectivity index (χ2n) is 8.18. The van der Waals surface area contributed by atoms with Crippen molar-refractivity contribution in [2.45, 2.75) is 108 Å². The number of nitrogens with zero attached hydrogens (tertiary/aromatic N) is 1. The number of amides is 1. The molecular formula is C22H37NO6. The lowest BCUT2D eigenvalue weighted by Gasteiger charge is -2.37. The van der Waals surface area contributed by atoms with E-state index in [1.807, 2.05) is 0 Å². The van der Waals surface area contributed by atoms with Crippen LogP contribution in [0.3, 0.4) is 0 Å². The lowest BCUT2D eigenvalue weighted by atomic mass is 9.83. The van der Waals surface area contributed by atoms with Crippen LogP contribution in [0.2, 0.25) is 0 Å². The van der Waals surface area contributed by atoms with Gasteiger partial charge in [-0.3, -0.25) is 14.4 Å². The predicted molar refractivity (Wildman–Crippen MR) is 110 cm³/mol. The molecule has 0 saturated carbocycles. The normalized spacial score (nSPS) is 24.5. The number of carbonyl (C=O) groups excluding carboxylic acids is 2. The smallest absolute Gasteiger partial charge is 0.337 e. The lowest BCUT2D eigenvalue weighted by Crippen LogP contribution is -2.60. The molecular weight excluding hydrogens is 374 g/mol. The van der Waals surface area contributed by atoms with Gasteiger partial charge in [0, 0.05) is 26.3 Å². The van der Waals surface area contributed by atoms with E-state index in [0.717, 1.165) is 43.4 Å². The molecule has 1 rings (SSSR count). The van der Waals surface area contributed by atoms with Crippen LogP contribution < -0.4 is 0 Å². The quantitative estimate of drug-likeness (QED) is 0.671. The minimum Gasteiger partial charge on any atom is -0.481 e. The fraction of sp³-hybridized carbons (Fsp3) is 0.818. The molecule has 1 aliphatic heterocycles. The van der Waals surface area contributed by atoms with E-state index >= 15 is 0 Å². The Balaban J connectivity index is 2.97. The summed E-state index contributed by atoms with van der Waals surface area (Å²) in [5.74, 6) is -3.59. The SMILES string of the molecule is CN1C(=O)CCCCCCCCCCCCCCC(=O)[C@]1(CCC(=O)O)C(=O)O. The van der Waals surface area contributed by atoms with E-state index in [9.17, 15) is 24.3 Å². The van der Waals surface area contributed by atoms with E-state index in [1.165, 1.54) is 32.7 Å². The molecule has 0 aromatic carbocycles. The van der Waals surface area contributed by atoms with Gasteiger partial charge in [0.15, 0.2) is 11.3 Å². The van der Waals surface area contributed by atoms with Gasteiger partial charge in [-0.15, -0.1) is 0 Å². The summed E-state index contributed by atoms with van der Waals surface area (Å²) in [7, 11) is 1.33. The van der Waals surface area contributed by atoms with Crippen molar-refractivity contribution in [3.05, 3.63) is 0 Å². The van der Waals surface area contributed by atoms with Crippen LogP contribution in [0.15, 0.2) is 0 Å². The molecule has 0 radical (unpaired) electrons. The van der Waals surface area contributed by atoms with E-state index in [2.05, 4.69) is 0 Å². The zero-order valence-corrected chi connectivity index (χ0v) is 17.8. The number of Topliss-reactive ketones (excluding diaryl/α,β-unsaturated/α-hetero) is 1. The first kappa shape index (κ1) is 25.1. The Morgan fingerprint density at radius 3 is 1.62 bits per heavy atom. The van der Waals surface area contributed by atoms with Crippen molar-refractivity contribution in [2.24, 2.45) is 0 Å². The standard InChI is InChI=1S/C22H37NO6/c1-23-19(25)15-13-11-9-7-5-3-2-4-6-8-10-12-14-18(24)22(23,21(28)29)17-16-20(26)27/h2-17H2,1H3,(H,26,27)(H,28,29)/t22-/m1/s1. The highest BCUT2D eigenvalue weighted by Crippen LogP contribution is 2.27. The van der Waals surface area contributed by atoms with Crippen LogP contribution in [-0.4, -0.2) is 51.3 Å². The first-order valence-corrected chi connectivity index (χ1v) is 11.1. The van der Waals surface area contributed by atoms with Crippen molar-refractivity contribution in [2.75, 3.05) is 7.05 Å². The highest BCUT2D eigenvalue weighted by atomic mass is 16.4. The summed E-state index contributed by atoms with van der Waals surface area (Å²) in [5.41, 5.74) is -2.10. The van der Waals surface area contributed by atoms with Crippen molar-refractivity contribution < 1.29 is 29.4 Å². The number of ketones is 1. The summed E-state index contributed by atoms with van der Waals surface area (Å²) in [6.45, 7) is 0. The third-order valence-corrected chi connectivity index (χ3v) is 6.01. The van der Waals surface area contributed by atoms with Crippen molar-refractivity contribution in [3.63, 3.8) is 0 Å². The molecule has 1 saturated heterocycles. The summed E-state index contributed by atoms with van der Waals surface area (Å²) in [4.78, 5) is 49.9. The summed E-state index contributed by atoms with van der Waals surface area (Å²) < 4.78 is 0. The minimum atomic E-state index is -2.10. The Bertz CT molecular complexity index is 562. The monoisotopic (exact) mass is 411 g/mol. The molecule has 1 heterocycles. The highest BCUT2D eigenvalue weighted by molar-refractivity contribution is 6.10. The third kappa shape index (κ3) is 8.15. The van der Waals surface area contributed by atoms with Gasteiger partial charge in [-0.05, 0) is 19.3 Å². The molecule has 7 nitrogen and oxygen atoms in total. The van der Waals surface area contributed by atoms with Crippen molar-refractivity contribution >= 4 is 23.6 Å². The molecule has 0 spiro atoms. The number of likely N-dealkylation sites (N-methyl/N-ethyl adjacent to an activating group) is 1. The Morgan fingerprint density at radius 1 is 0.793 bits per heavy atom. The number of carboxylic acids is 2. The van der Waals surface area contributed by atoms with Crippen molar-refractivity contribution in [1.29, 1.82) is 0 Å². The van der Waals surface area contributed by atoms with E-state index in [0.29, 0.717) is 12.8 Å². The fourth-order valence-corrected chi connectivity index (χ4v) is 4.07. The van der Waals surface area contributed by atoms with Gasteiger partial charge in [0.2, 0.25) is 5.91 Å². The number of carbonyl (C=O) groups is 4. The number of hydrogen-bond donors (Lipinski definition) is 2. The summed E-state index contributed by atoms with van der Waals surface area (Å²) in [5, 5.41) is 19.0. The Hall–Kier alpha value is -1.92. The largest absolute Gasteiger partial charge is 0.481 e. The van der Waals surface area contributed by atoms with E-state index in [1.54, 1.807) is 0 Å². The van der Waals surface area contributed by atoms with Crippen LogP contribution in [0.5, 0.6) is 0 Å². The fourth-order valence-electron chi connectivity index (χ4n) is 4.07. The highest BCUT2D eigenvalue weighted by Gasteiger charge is 2.50. The summed E-state index contributed by atoms with van der Waals surface area (Å²) in [6, 6.07) is 0. The maximum Gasteiger partial charge on any atom is 0.337 e. The Labute approximate surface area is 173 Å². The molecule has 1 atom stereocenters. The van der Waals surface area contributed by atoms with Gasteiger partial charge in [-0.2, -0.15) is 0 Å². The van der Waals surface area contributed by atoms with Gasteiger partial charge >= 0.3 is 11.9 Å². The van der Waals surface area contributed by atoms with Gasteiger partial charge in [0.25, 0.3) is 0 Å². The second kappa shape index (κ2) is 13.3. The molecule has 0 unspecified atom stereocenters. The van der Waals surface area contributed by atoms with Gasteiger partial charge in [-0.25, -0.2) is 4.79 Å². The Morgan fingerprint density at radius 2 is 1.21 bits per heavy atom. The van der Waals surface area contributed by atoms with Gasteiger partial charge in [0.1, 0.15) is 0 Å². The van der Waals surface area contributed by atoms with E-state index in [-0.39, 0.29) is 12.8 Å². The van der Waals surface area contributed by atoms with Crippen LogP contribution in [0.1, 0.15) is 103 Å². The third-order valence-electron chi connectivity index (χ3n) is 6.01. The molecule has 166 valence electrons. The van der Waals surface area contributed by atoms with Crippen molar-refractivity contribution in [3.8, 4) is 0 Å². The number of aliphatic carboxylic acids is 2. The first-order chi connectivity index (χ1) is 13.8. The zero-order valence-electron chi connectivity index (χ0n) is 17.8. The summed E-state index contributed by atoms with van der Waals surface area (Å²) >= 11 is 0. The van der Waals surface area contributed by atoms with Gasteiger partial charge < -0.3 is 15.1 Å². The summed E-state index contributed by atoms with van der Waals surface area (Å²) in [6.07, 6.45) is 11.4. The zero-order chi connectivity index (χ0) is 21.7. The maximum absolute atomic E-state index is 13.0. The molecule has 0 aromatic heterocycles. The van der Waals surface area contributed by atoms with Crippen molar-refractivity contribution in [1.82, 2.24) is 4.90 Å². The van der Waals surface area contributed by atoms with E-state index < -0.39 is 42.0 Å². The molecule has 7 heteroatoms. The second-order valence-corrected chi connectivity index (χ2v) is 8.18. The maximum atomic E-state index is 13.0. The first-order valence-electron chi connectivity index (χ1n) is 11.1. The molecule has 0 aliphatic carbocycles. The van der Waals surface area contributed by atoms with Crippen LogP contribution in [0.4, 0.5) is 0 Å². The average molecular weight is 412 g/mol. The lowest BCUT2D eigenvalue weighted by molar-refractivity contribution is -0.164. The molecule has 1 aliphatic rings. The van der Waals surface area contributed by atoms with Crippen LogP contribution >= 0.6 is 0 Å². The van der Waals surface area contributed by atoms with Crippen LogP contribution in [0.25, 0.3) is 0 Å². The molecule has 2 N–H and O–H groups in total. The number of rotatable bonds is 4. The molecule has 29 heavy (non-hydrogen) atoms. The van der Waals surface area contributed by atoms with Gasteiger partial charge in [0.05, 0.1) is 0 Å². The van der Waals surface area contributed by atoms with E-state index in [4.69, 9.17) is 5.11 Å². The minimum absolute atomic E-state index is 0.0452. The Kier molecular flexibility index (Phi) is 11.5. The van der Waals surface area contributed by atoms with Crippen LogP contribution in [0, 0.1) is 0 Å². The number of carboxylic acid groups (broad SMARTS) is 2. The predicted octanol–water partition coefficient (Wildman–Crippen LogP) is 4.18. The molecule has 1 amide bonds.